The Hall–Kier alpha value is -0.0000000000000000555. The van der Waals surface area contributed by atoms with Crippen LogP contribution in [0.1, 0.15) is 0 Å². The highest BCUT2D eigenvalue weighted by Gasteiger charge is 2.50. The van der Waals surface area contributed by atoms with Gasteiger partial charge in [0, 0.05) is 12.6 Å². The predicted octanol–water partition coefficient (Wildman–Crippen LogP) is 0.873. The van der Waals surface area contributed by atoms with Crippen molar-refractivity contribution in [1.82, 2.24) is 10.2 Å². The normalized spacial score (nSPS) is 29.5. The molecule has 1 aliphatic heterocycles. The van der Waals surface area contributed by atoms with Crippen molar-refractivity contribution < 1.29 is 13.2 Å². The second-order valence-electron chi connectivity index (χ2n) is 2.96. The molecule has 0 aromatic rings. The lowest BCUT2D eigenvalue weighted by Crippen LogP contribution is -2.68. The van der Waals surface area contributed by atoms with E-state index in [9.17, 15) is 13.2 Å². The lowest BCUT2D eigenvalue weighted by Gasteiger charge is -2.42. The molecule has 0 saturated carbocycles. The van der Waals surface area contributed by atoms with Gasteiger partial charge < -0.3 is 10.2 Å². The van der Waals surface area contributed by atoms with Crippen molar-refractivity contribution in [3.05, 3.63) is 0 Å². The first-order valence-electron chi connectivity index (χ1n) is 3.39. The van der Waals surface area contributed by atoms with Gasteiger partial charge in [-0.3, -0.25) is 0 Å². The summed E-state index contributed by atoms with van der Waals surface area (Å²) in [5.41, 5.74) is 0. The number of rotatable bonds is 1. The van der Waals surface area contributed by atoms with E-state index >= 15 is 0 Å². The Morgan fingerprint density at radius 2 is 1.83 bits per heavy atom. The minimum atomic E-state index is -4.10. The monoisotopic (exact) mass is 204 g/mol. The Kier molecular flexibility index (Phi) is 3.81. The maximum atomic E-state index is 12.0. The summed E-state index contributed by atoms with van der Waals surface area (Å²) >= 11 is 0. The molecule has 0 bridgehead atoms. The summed E-state index contributed by atoms with van der Waals surface area (Å²) in [5, 5.41) is 2.35. The van der Waals surface area contributed by atoms with Gasteiger partial charge in [-0.1, -0.05) is 0 Å². The molecule has 1 saturated heterocycles. The van der Waals surface area contributed by atoms with Crippen LogP contribution in [0.3, 0.4) is 0 Å². The van der Waals surface area contributed by atoms with E-state index in [0.717, 1.165) is 0 Å². The summed E-state index contributed by atoms with van der Waals surface area (Å²) in [7, 11) is 3.31. The Morgan fingerprint density at radius 1 is 1.33 bits per heavy atom. The van der Waals surface area contributed by atoms with Crippen LogP contribution in [0.15, 0.2) is 0 Å². The number of hydrogen-bond acceptors (Lipinski definition) is 2. The van der Waals surface area contributed by atoms with Crippen LogP contribution < -0.4 is 5.32 Å². The smallest absolute Gasteiger partial charge is 0.303 e. The summed E-state index contributed by atoms with van der Waals surface area (Å²) in [5.74, 6) is 0. The quantitative estimate of drug-likeness (QED) is 0.682. The number of hydrogen-bond donors (Lipinski definition) is 1. The van der Waals surface area contributed by atoms with Crippen LogP contribution in [0.5, 0.6) is 0 Å². The minimum absolute atomic E-state index is 0. The molecule has 2 atom stereocenters. The molecule has 6 heteroatoms. The average Bonchev–Trinajstić information content (AvgIpc) is 1.51. The highest BCUT2D eigenvalue weighted by atomic mass is 35.5. The predicted molar refractivity (Wildman–Crippen MR) is 42.6 cm³/mol. The van der Waals surface area contributed by atoms with E-state index in [1.54, 1.807) is 19.0 Å². The number of halogens is 4. The van der Waals surface area contributed by atoms with Gasteiger partial charge >= 0.3 is 6.18 Å². The highest BCUT2D eigenvalue weighted by molar-refractivity contribution is 5.85. The molecule has 2 nitrogen and oxygen atoms in total. The summed E-state index contributed by atoms with van der Waals surface area (Å²) in [6.45, 7) is 0.428. The summed E-state index contributed by atoms with van der Waals surface area (Å²) in [4.78, 5) is 1.59. The Morgan fingerprint density at radius 3 is 1.92 bits per heavy atom. The lowest BCUT2D eigenvalue weighted by atomic mass is 9.99. The van der Waals surface area contributed by atoms with E-state index in [-0.39, 0.29) is 12.4 Å². The van der Waals surface area contributed by atoms with E-state index < -0.39 is 18.3 Å². The fourth-order valence-electron chi connectivity index (χ4n) is 1.16. The standard InChI is InChI=1S/C6H11F3N2.ClH/c1-11(2)4-3-10-5(4)6(7,8)9;/h4-5,10H,3H2,1-2H3;1H. The van der Waals surface area contributed by atoms with Crippen molar-refractivity contribution in [3.63, 3.8) is 0 Å². The van der Waals surface area contributed by atoms with E-state index in [4.69, 9.17) is 0 Å². The van der Waals surface area contributed by atoms with Crippen LogP contribution in [-0.2, 0) is 0 Å². The van der Waals surface area contributed by atoms with Crippen molar-refractivity contribution in [2.45, 2.75) is 18.3 Å². The van der Waals surface area contributed by atoms with Gasteiger partial charge in [0.15, 0.2) is 0 Å². The summed E-state index contributed by atoms with van der Waals surface area (Å²) in [6, 6.07) is -1.73. The molecule has 0 aromatic carbocycles. The Bertz CT molecular complexity index is 148. The van der Waals surface area contributed by atoms with Crippen molar-refractivity contribution >= 4 is 12.4 Å². The van der Waals surface area contributed by atoms with Gasteiger partial charge in [-0.15, -0.1) is 12.4 Å². The topological polar surface area (TPSA) is 15.3 Å². The van der Waals surface area contributed by atoms with Gasteiger partial charge in [0.2, 0.25) is 0 Å². The van der Waals surface area contributed by atoms with E-state index in [2.05, 4.69) is 5.32 Å². The third kappa shape index (κ3) is 2.24. The van der Waals surface area contributed by atoms with Crippen LogP contribution in [0.25, 0.3) is 0 Å². The van der Waals surface area contributed by atoms with E-state index in [0.29, 0.717) is 6.54 Å². The molecule has 1 fully saturated rings. The third-order valence-corrected chi connectivity index (χ3v) is 1.95. The fourth-order valence-corrected chi connectivity index (χ4v) is 1.16. The van der Waals surface area contributed by atoms with Gasteiger partial charge in [0.25, 0.3) is 0 Å². The van der Waals surface area contributed by atoms with Gasteiger partial charge in [-0.25, -0.2) is 0 Å². The van der Waals surface area contributed by atoms with Gasteiger partial charge in [0.05, 0.1) is 0 Å². The average molecular weight is 205 g/mol. The zero-order valence-corrected chi connectivity index (χ0v) is 7.67. The molecule has 0 radical (unpaired) electrons. The second-order valence-corrected chi connectivity index (χ2v) is 2.96. The molecule has 1 N–H and O–H groups in total. The van der Waals surface area contributed by atoms with E-state index in [1.807, 2.05) is 0 Å². The molecule has 0 amide bonds. The number of nitrogens with one attached hydrogen (secondary N) is 1. The third-order valence-electron chi connectivity index (χ3n) is 1.95. The van der Waals surface area contributed by atoms with Crippen LogP contribution in [-0.4, -0.2) is 43.8 Å². The summed E-state index contributed by atoms with van der Waals surface area (Å²) < 4.78 is 36.1. The molecule has 0 spiro atoms. The zero-order chi connectivity index (χ0) is 8.65. The molecule has 74 valence electrons. The molecule has 0 aliphatic carbocycles. The summed E-state index contributed by atoms with van der Waals surface area (Å²) in [6.07, 6.45) is -4.10. The fraction of sp³-hybridized carbons (Fsp3) is 1.00. The number of nitrogens with zero attached hydrogens (tertiary/aromatic N) is 1. The van der Waals surface area contributed by atoms with Gasteiger partial charge in [-0.2, -0.15) is 13.2 Å². The second kappa shape index (κ2) is 3.81. The molecule has 1 heterocycles. The van der Waals surface area contributed by atoms with Crippen molar-refractivity contribution in [1.29, 1.82) is 0 Å². The molecule has 12 heavy (non-hydrogen) atoms. The number of likely N-dealkylation sites (N-methyl/N-ethyl adjacent to an activating group) is 1. The molecular formula is C6H12ClF3N2. The maximum Gasteiger partial charge on any atom is 0.405 e. The van der Waals surface area contributed by atoms with Crippen molar-refractivity contribution in [3.8, 4) is 0 Å². The largest absolute Gasteiger partial charge is 0.405 e. The first-order chi connectivity index (χ1) is 4.93. The van der Waals surface area contributed by atoms with Crippen LogP contribution >= 0.6 is 12.4 Å². The zero-order valence-electron chi connectivity index (χ0n) is 6.85. The first-order valence-corrected chi connectivity index (χ1v) is 3.39. The van der Waals surface area contributed by atoms with Crippen LogP contribution in [0, 0.1) is 0 Å². The molecule has 1 aliphatic rings. The lowest BCUT2D eigenvalue weighted by molar-refractivity contribution is -0.186. The Balaban J connectivity index is 0.00000121. The molecular weight excluding hydrogens is 193 g/mol. The molecule has 1 rings (SSSR count). The van der Waals surface area contributed by atoms with Gasteiger partial charge in [-0.05, 0) is 14.1 Å². The van der Waals surface area contributed by atoms with Crippen LogP contribution in [0.2, 0.25) is 0 Å². The van der Waals surface area contributed by atoms with Crippen molar-refractivity contribution in [2.75, 3.05) is 20.6 Å². The first kappa shape index (κ1) is 12.0. The maximum absolute atomic E-state index is 12.0. The van der Waals surface area contributed by atoms with Gasteiger partial charge in [0.1, 0.15) is 6.04 Å². The highest BCUT2D eigenvalue weighted by Crippen LogP contribution is 2.28. The van der Waals surface area contributed by atoms with E-state index in [1.165, 1.54) is 0 Å². The molecule has 0 aromatic heterocycles. The Labute approximate surface area is 75.5 Å². The SMILES string of the molecule is CN(C)C1CNC1C(F)(F)F.Cl. The number of alkyl halides is 3. The van der Waals surface area contributed by atoms with Crippen LogP contribution in [0.4, 0.5) is 13.2 Å². The molecule has 2 unspecified atom stereocenters. The van der Waals surface area contributed by atoms with Crippen molar-refractivity contribution in [2.24, 2.45) is 0 Å². The minimum Gasteiger partial charge on any atom is -0.303 e.